The molecule has 0 atom stereocenters. The van der Waals surface area contributed by atoms with Crippen molar-refractivity contribution >= 4 is 42.7 Å². The number of rotatable bonds is 7. The van der Waals surface area contributed by atoms with Crippen molar-refractivity contribution in [2.24, 2.45) is 0 Å². The number of aromatic nitrogens is 2. The van der Waals surface area contributed by atoms with Crippen LogP contribution in [0, 0.1) is 0 Å². The van der Waals surface area contributed by atoms with Gasteiger partial charge in [-0.15, -0.1) is 0 Å². The smallest absolute Gasteiger partial charge is 0.281 e. The Morgan fingerprint density at radius 3 is 2.71 bits per heavy atom. The van der Waals surface area contributed by atoms with E-state index < -0.39 is 10.0 Å². The summed E-state index contributed by atoms with van der Waals surface area (Å²) < 4.78 is 38.3. The number of furan rings is 1. The molecule has 1 saturated heterocycles. The number of fused-ring (bicyclic) bond motifs is 2. The molecule has 0 N–H and O–H groups in total. The number of piperidine rings is 1. The van der Waals surface area contributed by atoms with Crippen LogP contribution in [0.4, 0.5) is 0 Å². The molecule has 4 aromatic rings. The van der Waals surface area contributed by atoms with Gasteiger partial charge >= 0.3 is 0 Å². The van der Waals surface area contributed by atoms with Crippen LogP contribution >= 0.6 is 11.3 Å². The highest BCUT2D eigenvalue weighted by Crippen LogP contribution is 2.36. The molecule has 178 valence electrons. The summed E-state index contributed by atoms with van der Waals surface area (Å²) in [6.45, 7) is 2.01. The predicted octanol–water partition coefficient (Wildman–Crippen LogP) is 4.62. The largest absolute Gasteiger partial charge is 0.464 e. The summed E-state index contributed by atoms with van der Waals surface area (Å²) >= 11 is 1.46. The molecule has 6 rings (SSSR count). The van der Waals surface area contributed by atoms with Gasteiger partial charge in [0, 0.05) is 54.9 Å². The molecule has 0 radical (unpaired) electrons. The Balaban J connectivity index is 1.18. The Kier molecular flexibility index (Phi) is 5.56. The van der Waals surface area contributed by atoms with E-state index in [4.69, 9.17) is 9.15 Å². The third-order valence-corrected chi connectivity index (χ3v) is 8.90. The van der Waals surface area contributed by atoms with Gasteiger partial charge < -0.3 is 9.15 Å². The average Bonchev–Trinajstić information content (AvgIpc) is 3.46. The lowest BCUT2D eigenvalue weighted by Crippen LogP contribution is -2.46. The maximum atomic E-state index is 11.9. The number of benzene rings is 1. The maximum absolute atomic E-state index is 11.9. The molecule has 1 aliphatic carbocycles. The molecular formula is C24H26N4O4S2. The molecule has 1 aromatic carbocycles. The standard InChI is InChI=1S/C24H26N4O4S2/c1-34(29,30)27-11-8-18(9-12-27)28(17-4-5-17)14-16-15-31-21-13-19(6-7-20(16)21)32-24-26-23-22(33-24)3-2-10-25-23/h2-3,6-7,10,13,15,17-18H,4-5,8-9,11-12,14H2,1H3. The molecule has 3 aromatic heterocycles. The van der Waals surface area contributed by atoms with Gasteiger partial charge in [-0.2, -0.15) is 4.98 Å². The lowest BCUT2D eigenvalue weighted by atomic mass is 10.0. The second-order valence-corrected chi connectivity index (χ2v) is 12.1. The SMILES string of the molecule is CS(=O)(=O)N1CCC(N(Cc2coc3cc(Oc4nc5ncccc5s4)ccc23)C2CC2)CC1. The summed E-state index contributed by atoms with van der Waals surface area (Å²) in [5.41, 5.74) is 2.63. The fraction of sp³-hybridized carbons (Fsp3) is 0.417. The van der Waals surface area contributed by atoms with Crippen LogP contribution in [-0.4, -0.2) is 59.0 Å². The number of hydrogen-bond acceptors (Lipinski definition) is 8. The minimum absolute atomic E-state index is 0.394. The summed E-state index contributed by atoms with van der Waals surface area (Å²) in [6.07, 6.45) is 9.02. The summed E-state index contributed by atoms with van der Waals surface area (Å²) in [6, 6.07) is 10.7. The molecule has 2 aliphatic rings. The molecule has 0 spiro atoms. The van der Waals surface area contributed by atoms with Crippen molar-refractivity contribution in [3.8, 4) is 10.9 Å². The van der Waals surface area contributed by atoms with Gasteiger partial charge in [-0.25, -0.2) is 17.7 Å². The average molecular weight is 499 g/mol. The summed E-state index contributed by atoms with van der Waals surface area (Å²) in [7, 11) is -3.11. The Hall–Kier alpha value is -2.53. The van der Waals surface area contributed by atoms with Gasteiger partial charge in [0.25, 0.3) is 5.19 Å². The van der Waals surface area contributed by atoms with Crippen LogP contribution in [0.2, 0.25) is 0 Å². The quantitative estimate of drug-likeness (QED) is 0.367. The zero-order valence-electron chi connectivity index (χ0n) is 18.9. The molecule has 1 saturated carbocycles. The molecular weight excluding hydrogens is 472 g/mol. The summed E-state index contributed by atoms with van der Waals surface area (Å²) in [5.74, 6) is 0.680. The number of nitrogens with zero attached hydrogens (tertiary/aromatic N) is 4. The van der Waals surface area contributed by atoms with Gasteiger partial charge in [-0.05, 0) is 49.9 Å². The first-order valence-corrected chi connectivity index (χ1v) is 14.2. The zero-order valence-corrected chi connectivity index (χ0v) is 20.5. The van der Waals surface area contributed by atoms with Gasteiger partial charge in [-0.3, -0.25) is 4.90 Å². The van der Waals surface area contributed by atoms with Crippen molar-refractivity contribution in [3.63, 3.8) is 0 Å². The zero-order chi connectivity index (χ0) is 23.3. The van der Waals surface area contributed by atoms with Gasteiger partial charge in [0.1, 0.15) is 11.3 Å². The van der Waals surface area contributed by atoms with Crippen LogP contribution in [0.3, 0.4) is 0 Å². The number of hydrogen-bond donors (Lipinski definition) is 0. The van der Waals surface area contributed by atoms with Gasteiger partial charge in [0.05, 0.1) is 17.2 Å². The lowest BCUT2D eigenvalue weighted by Gasteiger charge is -2.37. The Morgan fingerprint density at radius 1 is 1.18 bits per heavy atom. The van der Waals surface area contributed by atoms with Gasteiger partial charge in [0.2, 0.25) is 10.0 Å². The third-order valence-electron chi connectivity index (χ3n) is 6.71. The first-order valence-electron chi connectivity index (χ1n) is 11.5. The van der Waals surface area contributed by atoms with Crippen molar-refractivity contribution < 1.29 is 17.6 Å². The van der Waals surface area contributed by atoms with E-state index in [0.29, 0.717) is 41.8 Å². The first kappa shape index (κ1) is 22.0. The van der Waals surface area contributed by atoms with Crippen LogP contribution in [-0.2, 0) is 16.6 Å². The maximum Gasteiger partial charge on any atom is 0.281 e. The molecule has 2 fully saturated rings. The van der Waals surface area contributed by atoms with E-state index >= 15 is 0 Å². The minimum atomic E-state index is -3.11. The highest BCUT2D eigenvalue weighted by molar-refractivity contribution is 7.88. The Labute approximate surface area is 202 Å². The predicted molar refractivity (Wildman–Crippen MR) is 132 cm³/mol. The van der Waals surface area contributed by atoms with Crippen molar-refractivity contribution in [1.82, 2.24) is 19.2 Å². The van der Waals surface area contributed by atoms with Crippen molar-refractivity contribution in [2.75, 3.05) is 19.3 Å². The third kappa shape index (κ3) is 4.43. The molecule has 8 nitrogen and oxygen atoms in total. The van der Waals surface area contributed by atoms with Crippen LogP contribution in [0.25, 0.3) is 21.3 Å². The van der Waals surface area contributed by atoms with Crippen LogP contribution in [0.15, 0.2) is 47.2 Å². The minimum Gasteiger partial charge on any atom is -0.464 e. The molecule has 4 heterocycles. The molecule has 0 bridgehead atoms. The molecule has 0 unspecified atom stereocenters. The van der Waals surface area contributed by atoms with E-state index in [2.05, 4.69) is 14.9 Å². The number of pyridine rings is 1. The summed E-state index contributed by atoms with van der Waals surface area (Å²) in [4.78, 5) is 11.3. The number of ether oxygens (including phenoxy) is 1. The Bertz CT molecular complexity index is 1400. The van der Waals surface area contributed by atoms with Crippen LogP contribution < -0.4 is 4.74 Å². The molecule has 34 heavy (non-hydrogen) atoms. The highest BCUT2D eigenvalue weighted by atomic mass is 32.2. The van der Waals surface area contributed by atoms with E-state index in [1.165, 1.54) is 30.4 Å². The van der Waals surface area contributed by atoms with E-state index in [1.807, 2.05) is 36.6 Å². The van der Waals surface area contributed by atoms with Crippen molar-refractivity contribution in [3.05, 3.63) is 48.4 Å². The molecule has 10 heteroatoms. The first-order chi connectivity index (χ1) is 16.4. The molecule has 1 aliphatic heterocycles. The monoisotopic (exact) mass is 498 g/mol. The van der Waals surface area contributed by atoms with Crippen LogP contribution in [0.5, 0.6) is 10.9 Å². The lowest BCUT2D eigenvalue weighted by molar-refractivity contribution is 0.124. The van der Waals surface area contributed by atoms with E-state index in [-0.39, 0.29) is 0 Å². The van der Waals surface area contributed by atoms with E-state index in [1.54, 1.807) is 10.5 Å². The van der Waals surface area contributed by atoms with Crippen molar-refractivity contribution in [2.45, 2.75) is 44.3 Å². The number of thiazole rings is 1. The van der Waals surface area contributed by atoms with Crippen LogP contribution in [0.1, 0.15) is 31.2 Å². The number of sulfonamides is 1. The topological polar surface area (TPSA) is 88.8 Å². The second-order valence-electron chi connectivity index (χ2n) is 9.12. The van der Waals surface area contributed by atoms with Gasteiger partial charge in [-0.1, -0.05) is 11.3 Å². The van der Waals surface area contributed by atoms with Crippen molar-refractivity contribution in [1.29, 1.82) is 0 Å². The van der Waals surface area contributed by atoms with Gasteiger partial charge in [0.15, 0.2) is 5.65 Å². The fourth-order valence-electron chi connectivity index (χ4n) is 4.81. The fourth-order valence-corrected chi connectivity index (χ4v) is 6.48. The summed E-state index contributed by atoms with van der Waals surface area (Å²) in [5, 5.41) is 1.64. The van der Waals surface area contributed by atoms with E-state index in [0.717, 1.165) is 40.6 Å². The molecule has 0 amide bonds. The van der Waals surface area contributed by atoms with E-state index in [9.17, 15) is 8.42 Å². The Morgan fingerprint density at radius 2 is 1.97 bits per heavy atom. The normalized spacial score (nSPS) is 18.3. The second kappa shape index (κ2) is 8.60. The highest BCUT2D eigenvalue weighted by Gasteiger charge is 2.37.